The summed E-state index contributed by atoms with van der Waals surface area (Å²) in [5.41, 5.74) is 1.23. The molecule has 1 fully saturated rings. The lowest BCUT2D eigenvalue weighted by molar-refractivity contribution is 0.274. The van der Waals surface area contributed by atoms with E-state index in [0.717, 1.165) is 50.2 Å². The predicted octanol–water partition coefficient (Wildman–Crippen LogP) is 2.83. The zero-order valence-electron chi connectivity index (χ0n) is 14.5. The van der Waals surface area contributed by atoms with Gasteiger partial charge >= 0.3 is 0 Å². The van der Waals surface area contributed by atoms with Crippen molar-refractivity contribution < 1.29 is 4.74 Å². The van der Waals surface area contributed by atoms with Crippen molar-refractivity contribution in [2.75, 3.05) is 50.2 Å². The highest BCUT2D eigenvalue weighted by molar-refractivity contribution is 5.85. The summed E-state index contributed by atoms with van der Waals surface area (Å²) >= 11 is 0. The summed E-state index contributed by atoms with van der Waals surface area (Å²) < 4.78 is 5.30. The van der Waals surface area contributed by atoms with Gasteiger partial charge in [0.1, 0.15) is 17.4 Å². The van der Waals surface area contributed by atoms with Crippen molar-refractivity contribution in [1.29, 1.82) is 0 Å². The maximum Gasteiger partial charge on any atom is 0.130 e. The number of nitrogens with one attached hydrogen (secondary N) is 1. The van der Waals surface area contributed by atoms with Gasteiger partial charge in [0.25, 0.3) is 0 Å². The van der Waals surface area contributed by atoms with Gasteiger partial charge in [-0.1, -0.05) is 6.07 Å². The molecule has 1 aromatic heterocycles. The molecule has 0 saturated carbocycles. The lowest BCUT2D eigenvalue weighted by Crippen LogP contribution is -2.48. The molecule has 0 unspecified atom stereocenters. The Morgan fingerprint density at radius 3 is 2.56 bits per heavy atom. The van der Waals surface area contributed by atoms with Crippen LogP contribution in [-0.4, -0.2) is 54.8 Å². The fourth-order valence-corrected chi connectivity index (χ4v) is 2.72. The molecule has 1 aliphatic rings. The van der Waals surface area contributed by atoms with Crippen LogP contribution in [0, 0.1) is 6.92 Å². The van der Waals surface area contributed by atoms with E-state index in [1.54, 1.807) is 13.3 Å². The average molecular weight is 386 g/mol. The van der Waals surface area contributed by atoms with Crippen molar-refractivity contribution in [2.24, 2.45) is 0 Å². The van der Waals surface area contributed by atoms with Crippen LogP contribution in [0.4, 0.5) is 11.5 Å². The molecule has 8 heteroatoms. The van der Waals surface area contributed by atoms with Gasteiger partial charge in [-0.25, -0.2) is 9.97 Å². The molecule has 1 aromatic carbocycles. The van der Waals surface area contributed by atoms with Gasteiger partial charge in [-0.3, -0.25) is 4.90 Å². The number of aryl methyl sites for hydroxylation is 1. The standard InChI is InChI=1S/C17H23N5O.2ClH/c1-14-18-7-6-17(20-14)19-13-21-8-10-22(11-9-21)15-4-3-5-16(12-15)23-2;;/h3-7,12H,8-11,13H2,1-2H3,(H,18,19,20);2*1H. The number of nitrogens with zero attached hydrogens (tertiary/aromatic N) is 4. The molecule has 0 bridgehead atoms. The number of aromatic nitrogens is 2. The molecule has 0 amide bonds. The lowest BCUT2D eigenvalue weighted by atomic mass is 10.2. The fraction of sp³-hybridized carbons (Fsp3) is 0.412. The highest BCUT2D eigenvalue weighted by atomic mass is 35.5. The number of benzene rings is 1. The smallest absolute Gasteiger partial charge is 0.130 e. The van der Waals surface area contributed by atoms with Gasteiger partial charge in [-0.05, 0) is 25.1 Å². The number of halogens is 2. The van der Waals surface area contributed by atoms with Gasteiger partial charge in [0, 0.05) is 44.1 Å². The fourth-order valence-electron chi connectivity index (χ4n) is 2.72. The molecular formula is C17H25Cl2N5O. The monoisotopic (exact) mass is 385 g/mol. The second-order valence-electron chi connectivity index (χ2n) is 5.63. The Balaban J connectivity index is 0.00000156. The van der Waals surface area contributed by atoms with Crippen molar-refractivity contribution in [3.8, 4) is 5.75 Å². The summed E-state index contributed by atoms with van der Waals surface area (Å²) in [6, 6.07) is 10.2. The highest BCUT2D eigenvalue weighted by Gasteiger charge is 2.17. The Kier molecular flexibility index (Phi) is 8.75. The third-order valence-corrected chi connectivity index (χ3v) is 4.05. The predicted molar refractivity (Wildman–Crippen MR) is 107 cm³/mol. The van der Waals surface area contributed by atoms with Crippen LogP contribution >= 0.6 is 24.8 Å². The van der Waals surface area contributed by atoms with Crippen molar-refractivity contribution in [2.45, 2.75) is 6.92 Å². The molecule has 138 valence electrons. The van der Waals surface area contributed by atoms with Gasteiger partial charge in [-0.15, -0.1) is 24.8 Å². The van der Waals surface area contributed by atoms with E-state index in [1.807, 2.05) is 25.1 Å². The number of anilines is 2. The molecule has 0 spiro atoms. The van der Waals surface area contributed by atoms with Crippen LogP contribution in [0.15, 0.2) is 36.5 Å². The summed E-state index contributed by atoms with van der Waals surface area (Å²) in [4.78, 5) is 13.3. The summed E-state index contributed by atoms with van der Waals surface area (Å²) in [7, 11) is 1.71. The topological polar surface area (TPSA) is 53.5 Å². The van der Waals surface area contributed by atoms with E-state index in [0.29, 0.717) is 0 Å². The second-order valence-corrected chi connectivity index (χ2v) is 5.63. The van der Waals surface area contributed by atoms with Crippen molar-refractivity contribution in [3.05, 3.63) is 42.4 Å². The van der Waals surface area contributed by atoms with E-state index >= 15 is 0 Å². The minimum absolute atomic E-state index is 0. The van der Waals surface area contributed by atoms with E-state index < -0.39 is 0 Å². The van der Waals surface area contributed by atoms with Gasteiger partial charge in [0.2, 0.25) is 0 Å². The molecule has 0 aliphatic carbocycles. The van der Waals surface area contributed by atoms with E-state index in [-0.39, 0.29) is 24.8 Å². The largest absolute Gasteiger partial charge is 0.497 e. The second kappa shape index (κ2) is 10.3. The van der Waals surface area contributed by atoms with E-state index in [4.69, 9.17) is 4.74 Å². The Morgan fingerprint density at radius 1 is 1.12 bits per heavy atom. The summed E-state index contributed by atoms with van der Waals surface area (Å²) in [6.07, 6.45) is 1.78. The van der Waals surface area contributed by atoms with Crippen molar-refractivity contribution in [1.82, 2.24) is 14.9 Å². The first-order chi connectivity index (χ1) is 11.2. The average Bonchev–Trinajstić information content (AvgIpc) is 2.60. The van der Waals surface area contributed by atoms with Crippen LogP contribution in [-0.2, 0) is 0 Å². The van der Waals surface area contributed by atoms with Gasteiger partial charge < -0.3 is 15.0 Å². The Labute approximate surface area is 161 Å². The first kappa shape index (κ1) is 21.3. The zero-order valence-corrected chi connectivity index (χ0v) is 16.1. The molecule has 1 saturated heterocycles. The molecule has 1 N–H and O–H groups in total. The Hall–Kier alpha value is -1.76. The van der Waals surface area contributed by atoms with Crippen LogP contribution in [0.1, 0.15) is 5.82 Å². The van der Waals surface area contributed by atoms with Gasteiger partial charge in [-0.2, -0.15) is 0 Å². The SMILES string of the molecule is COc1cccc(N2CCN(CNc3ccnc(C)n3)CC2)c1.Cl.Cl. The molecule has 0 radical (unpaired) electrons. The third-order valence-electron chi connectivity index (χ3n) is 4.05. The lowest BCUT2D eigenvalue weighted by Gasteiger charge is -2.36. The van der Waals surface area contributed by atoms with Crippen LogP contribution in [0.25, 0.3) is 0 Å². The van der Waals surface area contributed by atoms with Gasteiger partial charge in [0.15, 0.2) is 0 Å². The normalized spacial score (nSPS) is 14.2. The first-order valence-corrected chi connectivity index (χ1v) is 7.89. The molecule has 3 rings (SSSR count). The summed E-state index contributed by atoms with van der Waals surface area (Å²) in [5, 5.41) is 3.36. The van der Waals surface area contributed by atoms with Gasteiger partial charge in [0.05, 0.1) is 13.8 Å². The third kappa shape index (κ3) is 5.92. The summed E-state index contributed by atoms with van der Waals surface area (Å²) in [5.74, 6) is 2.58. The Morgan fingerprint density at radius 2 is 1.88 bits per heavy atom. The Bertz CT molecular complexity index is 650. The molecule has 0 atom stereocenters. The maximum atomic E-state index is 5.30. The molecule has 2 heterocycles. The van der Waals surface area contributed by atoms with Crippen LogP contribution in [0.5, 0.6) is 5.75 Å². The van der Waals surface area contributed by atoms with Crippen LogP contribution in [0.3, 0.4) is 0 Å². The van der Waals surface area contributed by atoms with E-state index in [2.05, 4.69) is 37.2 Å². The van der Waals surface area contributed by atoms with Crippen molar-refractivity contribution >= 4 is 36.3 Å². The van der Waals surface area contributed by atoms with E-state index in [9.17, 15) is 0 Å². The van der Waals surface area contributed by atoms with E-state index in [1.165, 1.54) is 5.69 Å². The minimum Gasteiger partial charge on any atom is -0.497 e. The van der Waals surface area contributed by atoms with Crippen LogP contribution in [0.2, 0.25) is 0 Å². The molecule has 6 nitrogen and oxygen atoms in total. The minimum atomic E-state index is 0. The number of hydrogen-bond donors (Lipinski definition) is 1. The number of methoxy groups -OCH3 is 1. The molecule has 2 aromatic rings. The quantitative estimate of drug-likeness (QED) is 0.853. The molecule has 25 heavy (non-hydrogen) atoms. The maximum absolute atomic E-state index is 5.30. The molecular weight excluding hydrogens is 361 g/mol. The highest BCUT2D eigenvalue weighted by Crippen LogP contribution is 2.22. The molecule has 1 aliphatic heterocycles. The zero-order chi connectivity index (χ0) is 16.1. The number of ether oxygens (including phenoxy) is 1. The van der Waals surface area contributed by atoms with Crippen molar-refractivity contribution in [3.63, 3.8) is 0 Å². The summed E-state index contributed by atoms with van der Waals surface area (Å²) in [6.45, 7) is 6.78. The van der Waals surface area contributed by atoms with Crippen LogP contribution < -0.4 is 15.0 Å². The first-order valence-electron chi connectivity index (χ1n) is 7.89. The number of hydrogen-bond acceptors (Lipinski definition) is 6. The number of rotatable bonds is 5. The number of piperazine rings is 1.